The van der Waals surface area contributed by atoms with Crippen molar-refractivity contribution in [2.75, 3.05) is 13.3 Å². The Balaban J connectivity index is 2.74. The molecule has 0 spiro atoms. The van der Waals surface area contributed by atoms with Gasteiger partial charge < -0.3 is 0 Å². The highest BCUT2D eigenvalue weighted by Gasteiger charge is 2.17. The molecule has 0 saturated heterocycles. The first-order valence-corrected chi connectivity index (χ1v) is 6.02. The Morgan fingerprint density at radius 2 is 1.88 bits per heavy atom. The topological polar surface area (TPSA) is 43.4 Å². The van der Waals surface area contributed by atoms with Crippen LogP contribution in [-0.2, 0) is 14.3 Å². The van der Waals surface area contributed by atoms with Crippen LogP contribution in [0.4, 0.5) is 8.78 Å². The van der Waals surface area contributed by atoms with Gasteiger partial charge in [-0.3, -0.25) is 4.18 Å². The lowest BCUT2D eigenvalue weighted by atomic mass is 10.2. The molecule has 0 fully saturated rings. The zero-order valence-electron chi connectivity index (χ0n) is 8.69. The molecule has 0 radical (unpaired) electrons. The molecule has 1 rings (SSSR count). The van der Waals surface area contributed by atoms with Crippen LogP contribution >= 0.6 is 0 Å². The number of alkyl halides is 2. The molecule has 6 heteroatoms. The highest BCUT2D eigenvalue weighted by atomic mass is 32.2. The highest BCUT2D eigenvalue weighted by molar-refractivity contribution is 7.86. The third kappa shape index (κ3) is 3.53. The van der Waals surface area contributed by atoms with Gasteiger partial charge in [0.05, 0.1) is 4.90 Å². The average Bonchev–Trinajstić information content (AvgIpc) is 2.26. The third-order valence-electron chi connectivity index (χ3n) is 1.88. The van der Waals surface area contributed by atoms with E-state index in [9.17, 15) is 17.2 Å². The number of hydrogen-bond donors (Lipinski definition) is 0. The Morgan fingerprint density at radius 3 is 2.38 bits per heavy atom. The maximum atomic E-state index is 12.5. The maximum absolute atomic E-state index is 12.5. The molecule has 0 saturated carbocycles. The highest BCUT2D eigenvalue weighted by Crippen LogP contribution is 2.13. The van der Waals surface area contributed by atoms with Crippen LogP contribution in [0.3, 0.4) is 0 Å². The SMILES string of the molecule is Cc1ccc(S(=O)(=O)OC[C@H](F)CF)cc1. The average molecular weight is 250 g/mol. The van der Waals surface area contributed by atoms with Gasteiger partial charge in [0.15, 0.2) is 6.17 Å². The minimum absolute atomic E-state index is 0.0656. The van der Waals surface area contributed by atoms with Crippen LogP contribution in [0.1, 0.15) is 5.56 Å². The number of benzene rings is 1. The van der Waals surface area contributed by atoms with Crippen molar-refractivity contribution < 1.29 is 21.4 Å². The van der Waals surface area contributed by atoms with E-state index in [0.717, 1.165) is 5.56 Å². The van der Waals surface area contributed by atoms with Gasteiger partial charge in [-0.05, 0) is 19.1 Å². The predicted octanol–water partition coefficient (Wildman–Crippen LogP) is 2.01. The summed E-state index contributed by atoms with van der Waals surface area (Å²) in [6, 6.07) is 5.90. The van der Waals surface area contributed by atoms with Crippen LogP contribution in [0.15, 0.2) is 29.2 Å². The van der Waals surface area contributed by atoms with Crippen LogP contribution < -0.4 is 0 Å². The summed E-state index contributed by atoms with van der Waals surface area (Å²) in [5.41, 5.74) is 0.895. The van der Waals surface area contributed by atoms with Crippen molar-refractivity contribution in [1.29, 1.82) is 0 Å². The molecule has 0 bridgehead atoms. The Hall–Kier alpha value is -1.01. The molecular weight excluding hydrogens is 238 g/mol. The molecule has 0 aromatic heterocycles. The Kier molecular flexibility index (Phi) is 4.37. The van der Waals surface area contributed by atoms with Gasteiger partial charge in [-0.15, -0.1) is 0 Å². The van der Waals surface area contributed by atoms with Gasteiger partial charge in [0.1, 0.15) is 13.3 Å². The molecule has 0 aliphatic heterocycles. The molecule has 90 valence electrons. The normalized spacial score (nSPS) is 13.7. The van der Waals surface area contributed by atoms with E-state index in [4.69, 9.17) is 0 Å². The van der Waals surface area contributed by atoms with Gasteiger partial charge in [0, 0.05) is 0 Å². The summed E-state index contributed by atoms with van der Waals surface area (Å²) < 4.78 is 51.5. The van der Waals surface area contributed by atoms with Crippen molar-refractivity contribution in [3.8, 4) is 0 Å². The van der Waals surface area contributed by atoms with E-state index in [1.807, 2.05) is 0 Å². The minimum atomic E-state index is -3.99. The zero-order chi connectivity index (χ0) is 12.2. The fourth-order valence-electron chi connectivity index (χ4n) is 0.981. The summed E-state index contributed by atoms with van der Waals surface area (Å²) in [5.74, 6) is 0. The summed E-state index contributed by atoms with van der Waals surface area (Å²) in [5, 5.41) is 0. The van der Waals surface area contributed by atoms with Crippen molar-refractivity contribution in [3.05, 3.63) is 29.8 Å². The van der Waals surface area contributed by atoms with Gasteiger partial charge >= 0.3 is 0 Å². The van der Waals surface area contributed by atoms with Crippen LogP contribution in [0.5, 0.6) is 0 Å². The standard InChI is InChI=1S/C10H12F2O3S/c1-8-2-4-10(5-3-8)16(13,14)15-7-9(12)6-11/h2-5,9H,6-7H2,1H3/t9-/m1/s1. The largest absolute Gasteiger partial charge is 0.297 e. The van der Waals surface area contributed by atoms with E-state index in [1.165, 1.54) is 12.1 Å². The van der Waals surface area contributed by atoms with Gasteiger partial charge in [0.2, 0.25) is 0 Å². The lowest BCUT2D eigenvalue weighted by Crippen LogP contribution is -2.17. The Bertz CT molecular complexity index is 428. The predicted molar refractivity (Wildman–Crippen MR) is 55.2 cm³/mol. The second-order valence-corrected chi connectivity index (χ2v) is 4.92. The number of halogens is 2. The molecule has 0 amide bonds. The lowest BCUT2D eigenvalue weighted by Gasteiger charge is -2.06. The molecule has 1 aromatic carbocycles. The van der Waals surface area contributed by atoms with Crippen molar-refractivity contribution in [2.45, 2.75) is 18.0 Å². The number of rotatable bonds is 5. The van der Waals surface area contributed by atoms with Gasteiger partial charge in [0.25, 0.3) is 10.1 Å². The fraction of sp³-hybridized carbons (Fsp3) is 0.400. The minimum Gasteiger partial charge on any atom is -0.263 e. The van der Waals surface area contributed by atoms with Crippen LogP contribution in [0.2, 0.25) is 0 Å². The zero-order valence-corrected chi connectivity index (χ0v) is 9.51. The molecule has 3 nitrogen and oxygen atoms in total. The summed E-state index contributed by atoms with van der Waals surface area (Å²) >= 11 is 0. The van der Waals surface area contributed by atoms with Crippen molar-refractivity contribution in [1.82, 2.24) is 0 Å². The van der Waals surface area contributed by atoms with Crippen molar-refractivity contribution in [3.63, 3.8) is 0 Å². The van der Waals surface area contributed by atoms with Gasteiger partial charge in [-0.25, -0.2) is 8.78 Å². The molecular formula is C10H12F2O3S. The molecule has 16 heavy (non-hydrogen) atoms. The first-order chi connectivity index (χ1) is 7.45. The van der Waals surface area contributed by atoms with Crippen molar-refractivity contribution in [2.24, 2.45) is 0 Å². The van der Waals surface area contributed by atoms with Crippen molar-refractivity contribution >= 4 is 10.1 Å². The first kappa shape index (κ1) is 13.1. The molecule has 1 atom stereocenters. The molecule has 0 heterocycles. The molecule has 0 unspecified atom stereocenters. The number of aryl methyl sites for hydroxylation is 1. The lowest BCUT2D eigenvalue weighted by molar-refractivity contribution is 0.170. The third-order valence-corrected chi connectivity index (χ3v) is 3.18. The monoisotopic (exact) mass is 250 g/mol. The van der Waals surface area contributed by atoms with E-state index in [-0.39, 0.29) is 4.90 Å². The molecule has 0 N–H and O–H groups in total. The van der Waals surface area contributed by atoms with E-state index in [1.54, 1.807) is 19.1 Å². The van der Waals surface area contributed by atoms with Gasteiger partial charge in [-0.1, -0.05) is 17.7 Å². The van der Waals surface area contributed by atoms with Crippen LogP contribution in [0.25, 0.3) is 0 Å². The van der Waals surface area contributed by atoms with Crippen LogP contribution in [-0.4, -0.2) is 27.9 Å². The maximum Gasteiger partial charge on any atom is 0.297 e. The van der Waals surface area contributed by atoms with Crippen LogP contribution in [0, 0.1) is 6.92 Å². The van der Waals surface area contributed by atoms with Gasteiger partial charge in [-0.2, -0.15) is 8.42 Å². The molecule has 0 aliphatic carbocycles. The summed E-state index contributed by atoms with van der Waals surface area (Å²) in [4.78, 5) is -0.0656. The fourth-order valence-corrected chi connectivity index (χ4v) is 1.91. The summed E-state index contributed by atoms with van der Waals surface area (Å²) in [6.45, 7) is -0.256. The second-order valence-electron chi connectivity index (χ2n) is 3.30. The molecule has 0 aliphatic rings. The first-order valence-electron chi connectivity index (χ1n) is 4.62. The molecule has 1 aromatic rings. The van der Waals surface area contributed by atoms with E-state index < -0.39 is 29.6 Å². The summed E-state index contributed by atoms with van der Waals surface area (Å²) in [6.07, 6.45) is -1.92. The second kappa shape index (κ2) is 5.36. The summed E-state index contributed by atoms with van der Waals surface area (Å²) in [7, 11) is -3.99. The van der Waals surface area contributed by atoms with E-state index in [2.05, 4.69) is 4.18 Å². The smallest absolute Gasteiger partial charge is 0.263 e. The van der Waals surface area contributed by atoms with E-state index >= 15 is 0 Å². The quantitative estimate of drug-likeness (QED) is 0.751. The Morgan fingerprint density at radius 1 is 1.31 bits per heavy atom. The Labute approximate surface area is 93.2 Å². The van der Waals surface area contributed by atoms with E-state index in [0.29, 0.717) is 0 Å². The number of hydrogen-bond acceptors (Lipinski definition) is 3.